The number of nitrogens with zero attached hydrogens (tertiary/aromatic N) is 1. The van der Waals surface area contributed by atoms with Crippen molar-refractivity contribution in [1.82, 2.24) is 4.90 Å². The first-order chi connectivity index (χ1) is 10.2. The highest BCUT2D eigenvalue weighted by atomic mass is 16.6. The van der Waals surface area contributed by atoms with Gasteiger partial charge in [0.1, 0.15) is 22.7 Å². The van der Waals surface area contributed by atoms with E-state index >= 15 is 0 Å². The fourth-order valence-corrected chi connectivity index (χ4v) is 2.98. The smallest absolute Gasteiger partial charge is 0.410 e. The topological polar surface area (TPSA) is 79.2 Å². The van der Waals surface area contributed by atoms with E-state index < -0.39 is 17.3 Å². The number of phenolic OH excluding ortho intramolecular Hbond substituents is 1. The van der Waals surface area contributed by atoms with Crippen LogP contribution >= 0.6 is 0 Å². The van der Waals surface area contributed by atoms with Crippen LogP contribution in [0.5, 0.6) is 11.5 Å². The average molecular weight is 307 g/mol. The molecular weight excluding hydrogens is 286 g/mol. The van der Waals surface area contributed by atoms with Crippen LogP contribution in [0.15, 0.2) is 18.2 Å². The molecule has 2 aliphatic heterocycles. The Balaban J connectivity index is 1.71. The maximum Gasteiger partial charge on any atom is 0.410 e. The zero-order chi connectivity index (χ0) is 16.1. The fourth-order valence-electron chi connectivity index (χ4n) is 2.98. The number of fused-ring (bicyclic) bond motifs is 1. The molecule has 3 rings (SSSR count). The monoisotopic (exact) mass is 307 g/mol. The number of aliphatic hydroxyl groups is 1. The van der Waals surface area contributed by atoms with Crippen LogP contribution in [-0.4, -0.2) is 45.5 Å². The molecule has 1 unspecified atom stereocenters. The maximum absolute atomic E-state index is 12.0. The molecule has 0 saturated carbocycles. The minimum absolute atomic E-state index is 0.0307. The van der Waals surface area contributed by atoms with Crippen LogP contribution in [0, 0.1) is 0 Å². The van der Waals surface area contributed by atoms with Crippen molar-refractivity contribution in [3.63, 3.8) is 0 Å². The summed E-state index contributed by atoms with van der Waals surface area (Å²) in [5, 5.41) is 20.1. The first-order valence-electron chi connectivity index (χ1n) is 7.36. The Morgan fingerprint density at radius 3 is 2.73 bits per heavy atom. The zero-order valence-corrected chi connectivity index (χ0v) is 13.0. The second-order valence-corrected chi connectivity index (χ2v) is 7.03. The van der Waals surface area contributed by atoms with Crippen molar-refractivity contribution < 1.29 is 24.5 Å². The van der Waals surface area contributed by atoms with Gasteiger partial charge in [0.25, 0.3) is 0 Å². The lowest BCUT2D eigenvalue weighted by Gasteiger charge is -2.52. The molecule has 0 aromatic heterocycles. The van der Waals surface area contributed by atoms with E-state index in [-0.39, 0.29) is 11.8 Å². The second kappa shape index (κ2) is 4.78. The Kier molecular flexibility index (Phi) is 3.25. The number of phenols is 1. The molecule has 0 radical (unpaired) electrons. The molecule has 1 saturated heterocycles. The Hall–Kier alpha value is -1.95. The normalized spacial score (nSPS) is 22.5. The van der Waals surface area contributed by atoms with Crippen LogP contribution in [0.4, 0.5) is 4.79 Å². The van der Waals surface area contributed by atoms with E-state index in [4.69, 9.17) is 9.47 Å². The number of hydrogen-bond acceptors (Lipinski definition) is 5. The Morgan fingerprint density at radius 1 is 1.41 bits per heavy atom. The van der Waals surface area contributed by atoms with E-state index in [9.17, 15) is 15.0 Å². The third-order valence-electron chi connectivity index (χ3n) is 3.88. The predicted octanol–water partition coefficient (Wildman–Crippen LogP) is 2.20. The summed E-state index contributed by atoms with van der Waals surface area (Å²) in [6.07, 6.45) is -0.833. The molecule has 1 spiro atoms. The van der Waals surface area contributed by atoms with Crippen molar-refractivity contribution in [3.8, 4) is 11.5 Å². The van der Waals surface area contributed by atoms with Gasteiger partial charge in [-0.05, 0) is 32.9 Å². The Morgan fingerprint density at radius 2 is 2.09 bits per heavy atom. The third kappa shape index (κ3) is 2.59. The number of carbonyl (C=O) groups excluding carboxylic acids is 1. The van der Waals surface area contributed by atoms with Gasteiger partial charge in [-0.3, -0.25) is 0 Å². The molecule has 2 aliphatic rings. The van der Waals surface area contributed by atoms with E-state index in [0.717, 1.165) is 0 Å². The van der Waals surface area contributed by atoms with Crippen LogP contribution in [-0.2, 0) is 4.74 Å². The summed E-state index contributed by atoms with van der Waals surface area (Å²) in [5.74, 6) is 0.505. The molecular formula is C16H21NO5. The summed E-state index contributed by atoms with van der Waals surface area (Å²) in [6.45, 7) is 6.20. The molecule has 6 nitrogen and oxygen atoms in total. The Bertz CT molecular complexity index is 601. The molecule has 2 N–H and O–H groups in total. The van der Waals surface area contributed by atoms with E-state index in [1.165, 1.54) is 6.07 Å². The summed E-state index contributed by atoms with van der Waals surface area (Å²) in [5.41, 5.74) is -0.716. The number of likely N-dealkylation sites (tertiary alicyclic amines) is 1. The van der Waals surface area contributed by atoms with Gasteiger partial charge in [0.15, 0.2) is 0 Å². The number of carbonyl (C=O) groups is 1. The van der Waals surface area contributed by atoms with Crippen molar-refractivity contribution in [3.05, 3.63) is 23.8 Å². The van der Waals surface area contributed by atoms with Crippen LogP contribution in [0.25, 0.3) is 0 Å². The van der Waals surface area contributed by atoms with Gasteiger partial charge in [0, 0.05) is 6.42 Å². The lowest BCUT2D eigenvalue weighted by molar-refractivity contribution is -0.114. The number of aromatic hydroxyl groups is 1. The van der Waals surface area contributed by atoms with E-state index in [0.29, 0.717) is 30.8 Å². The maximum atomic E-state index is 12.0. The fraction of sp³-hybridized carbons (Fsp3) is 0.562. The van der Waals surface area contributed by atoms with Gasteiger partial charge in [0.05, 0.1) is 24.8 Å². The summed E-state index contributed by atoms with van der Waals surface area (Å²) < 4.78 is 11.3. The lowest BCUT2D eigenvalue weighted by Crippen LogP contribution is -2.68. The molecule has 22 heavy (non-hydrogen) atoms. The van der Waals surface area contributed by atoms with Crippen LogP contribution < -0.4 is 4.74 Å². The molecule has 120 valence electrons. The van der Waals surface area contributed by atoms with Gasteiger partial charge in [-0.1, -0.05) is 6.07 Å². The molecule has 1 aromatic rings. The average Bonchev–Trinajstić information content (AvgIpc) is 2.33. The van der Waals surface area contributed by atoms with Crippen molar-refractivity contribution in [2.45, 2.75) is 44.5 Å². The van der Waals surface area contributed by atoms with Gasteiger partial charge in [-0.15, -0.1) is 0 Å². The first kappa shape index (κ1) is 15.0. The minimum atomic E-state index is -0.800. The summed E-state index contributed by atoms with van der Waals surface area (Å²) in [7, 11) is 0. The predicted molar refractivity (Wildman–Crippen MR) is 78.8 cm³/mol. The molecule has 1 fully saturated rings. The molecule has 2 heterocycles. The standard InChI is InChI=1S/C16H21NO5/c1-15(2,3)22-14(20)17-8-16(9-17)7-11(19)13-10(18)5-4-6-12(13)21-16/h4-6,11,18-19H,7-9H2,1-3H3. The number of aliphatic hydroxyl groups excluding tert-OH is 1. The minimum Gasteiger partial charge on any atom is -0.507 e. The molecule has 6 heteroatoms. The molecule has 0 bridgehead atoms. The van der Waals surface area contributed by atoms with Gasteiger partial charge in [-0.25, -0.2) is 4.79 Å². The first-order valence-corrected chi connectivity index (χ1v) is 7.36. The van der Waals surface area contributed by atoms with Crippen molar-refractivity contribution in [2.24, 2.45) is 0 Å². The quantitative estimate of drug-likeness (QED) is 0.768. The van der Waals surface area contributed by atoms with Crippen molar-refractivity contribution >= 4 is 6.09 Å². The van der Waals surface area contributed by atoms with Gasteiger partial charge in [0.2, 0.25) is 0 Å². The largest absolute Gasteiger partial charge is 0.507 e. The van der Waals surface area contributed by atoms with E-state index in [2.05, 4.69) is 0 Å². The highest BCUT2D eigenvalue weighted by Crippen LogP contribution is 2.47. The lowest BCUT2D eigenvalue weighted by atomic mass is 9.83. The van der Waals surface area contributed by atoms with Crippen LogP contribution in [0.3, 0.4) is 0 Å². The number of hydrogen-bond donors (Lipinski definition) is 2. The van der Waals surface area contributed by atoms with E-state index in [1.807, 2.05) is 20.8 Å². The summed E-state index contributed by atoms with van der Waals surface area (Å²) >= 11 is 0. The zero-order valence-electron chi connectivity index (χ0n) is 13.0. The molecule has 1 atom stereocenters. The van der Waals surface area contributed by atoms with Gasteiger partial charge < -0.3 is 24.6 Å². The highest BCUT2D eigenvalue weighted by Gasteiger charge is 2.52. The molecule has 0 aliphatic carbocycles. The number of ether oxygens (including phenoxy) is 2. The summed E-state index contributed by atoms with van der Waals surface area (Å²) in [4.78, 5) is 13.6. The number of rotatable bonds is 0. The van der Waals surface area contributed by atoms with Crippen molar-refractivity contribution in [2.75, 3.05) is 13.1 Å². The van der Waals surface area contributed by atoms with Gasteiger partial charge >= 0.3 is 6.09 Å². The van der Waals surface area contributed by atoms with Crippen molar-refractivity contribution in [1.29, 1.82) is 0 Å². The number of amides is 1. The van der Waals surface area contributed by atoms with Crippen LogP contribution in [0.2, 0.25) is 0 Å². The van der Waals surface area contributed by atoms with Crippen LogP contribution in [0.1, 0.15) is 38.9 Å². The molecule has 1 amide bonds. The van der Waals surface area contributed by atoms with E-state index in [1.54, 1.807) is 17.0 Å². The second-order valence-electron chi connectivity index (χ2n) is 7.03. The molecule has 1 aromatic carbocycles. The number of benzene rings is 1. The third-order valence-corrected chi connectivity index (χ3v) is 3.88. The Labute approximate surface area is 129 Å². The summed E-state index contributed by atoms with van der Waals surface area (Å²) in [6, 6.07) is 4.91. The SMILES string of the molecule is CC(C)(C)OC(=O)N1CC2(CC(O)c3c(O)cccc3O2)C1. The van der Waals surface area contributed by atoms with Gasteiger partial charge in [-0.2, -0.15) is 0 Å². The highest BCUT2D eigenvalue weighted by molar-refractivity contribution is 5.70.